The monoisotopic (exact) mass is 545 g/mol. The molecule has 0 aliphatic carbocycles. The number of thiocarbonyl (C=S) groups is 1. The fourth-order valence-electron chi connectivity index (χ4n) is 3.57. The van der Waals surface area contributed by atoms with E-state index in [9.17, 15) is 54.4 Å². The quantitative estimate of drug-likeness (QED) is 0.189. The van der Waals surface area contributed by atoms with Crippen molar-refractivity contribution >= 4 is 40.3 Å². The maximum atomic E-state index is 13.7. The molecule has 0 saturated carbocycles. The SMILES string of the molecule is CC1(C)C(=O)N(c2ccc([N+](=O)[O-])cc2C(F)(F)F)C(=S)N1c1cc(C(F)(F)F)cc(C(F)(F)F)c1. The number of carbonyl (C=O) groups excluding carboxylic acids is 1. The van der Waals surface area contributed by atoms with Crippen molar-refractivity contribution in [1.82, 2.24) is 0 Å². The Morgan fingerprint density at radius 2 is 1.36 bits per heavy atom. The molecule has 1 fully saturated rings. The van der Waals surface area contributed by atoms with E-state index in [1.54, 1.807) is 0 Å². The third-order valence-corrected chi connectivity index (χ3v) is 5.60. The van der Waals surface area contributed by atoms with Gasteiger partial charge < -0.3 is 4.90 Å². The first kappa shape index (κ1) is 27.2. The zero-order chi connectivity index (χ0) is 27.6. The summed E-state index contributed by atoms with van der Waals surface area (Å²) in [4.78, 5) is 23.8. The molecule has 2 aromatic rings. The minimum absolute atomic E-state index is 0.132. The fraction of sp³-hybridized carbons (Fsp3) is 0.300. The van der Waals surface area contributed by atoms with E-state index < -0.39 is 73.8 Å². The Balaban J connectivity index is 2.25. The highest BCUT2D eigenvalue weighted by molar-refractivity contribution is 7.81. The smallest absolute Gasteiger partial charge is 0.304 e. The zero-order valence-corrected chi connectivity index (χ0v) is 18.7. The van der Waals surface area contributed by atoms with Gasteiger partial charge in [0.25, 0.3) is 11.6 Å². The first-order chi connectivity index (χ1) is 16.2. The van der Waals surface area contributed by atoms with Crippen LogP contribution in [0.4, 0.5) is 56.6 Å². The maximum absolute atomic E-state index is 13.7. The van der Waals surface area contributed by atoms with Crippen molar-refractivity contribution in [2.24, 2.45) is 0 Å². The van der Waals surface area contributed by atoms with Gasteiger partial charge in [-0.25, -0.2) is 0 Å². The molecule has 1 aliphatic heterocycles. The number of anilines is 2. The molecule has 0 radical (unpaired) electrons. The van der Waals surface area contributed by atoms with Crippen molar-refractivity contribution in [2.75, 3.05) is 9.80 Å². The van der Waals surface area contributed by atoms with Crippen LogP contribution in [-0.2, 0) is 23.3 Å². The Morgan fingerprint density at radius 3 is 1.78 bits per heavy atom. The molecular weight excluding hydrogens is 533 g/mol. The summed E-state index contributed by atoms with van der Waals surface area (Å²) in [5.41, 5.74) is -9.99. The zero-order valence-electron chi connectivity index (χ0n) is 17.8. The molecule has 3 rings (SSSR count). The highest BCUT2D eigenvalue weighted by Crippen LogP contribution is 2.45. The summed E-state index contributed by atoms with van der Waals surface area (Å²) >= 11 is 5.06. The molecule has 6 nitrogen and oxygen atoms in total. The molecule has 36 heavy (non-hydrogen) atoms. The molecule has 0 aromatic heterocycles. The van der Waals surface area contributed by atoms with E-state index in [2.05, 4.69) is 0 Å². The van der Waals surface area contributed by atoms with Gasteiger partial charge in [-0.2, -0.15) is 39.5 Å². The molecule has 2 aromatic carbocycles. The molecule has 0 unspecified atom stereocenters. The van der Waals surface area contributed by atoms with Crippen molar-refractivity contribution < 1.29 is 49.2 Å². The number of rotatable bonds is 3. The van der Waals surface area contributed by atoms with E-state index in [1.807, 2.05) is 0 Å². The summed E-state index contributed by atoms with van der Waals surface area (Å²) in [7, 11) is 0. The summed E-state index contributed by atoms with van der Waals surface area (Å²) < 4.78 is 121. The average Bonchev–Trinajstić information content (AvgIpc) is 2.89. The highest BCUT2D eigenvalue weighted by atomic mass is 32.1. The Labute approximate surface area is 201 Å². The van der Waals surface area contributed by atoms with E-state index in [0.29, 0.717) is 17.0 Å². The Kier molecular flexibility index (Phi) is 6.27. The normalized spacial score (nSPS) is 16.6. The molecule has 1 heterocycles. The van der Waals surface area contributed by atoms with Crippen LogP contribution in [-0.4, -0.2) is 21.5 Å². The Hall–Kier alpha value is -3.43. The maximum Gasteiger partial charge on any atom is 0.418 e. The third-order valence-electron chi connectivity index (χ3n) is 5.24. The van der Waals surface area contributed by atoms with Crippen molar-refractivity contribution in [3.63, 3.8) is 0 Å². The average molecular weight is 545 g/mol. The number of nitro benzene ring substituents is 1. The molecule has 1 aliphatic rings. The van der Waals surface area contributed by atoms with Crippen LogP contribution in [0.2, 0.25) is 0 Å². The number of carbonyl (C=O) groups is 1. The molecule has 1 saturated heterocycles. The Morgan fingerprint density at radius 1 is 0.861 bits per heavy atom. The van der Waals surface area contributed by atoms with Gasteiger partial charge in [0.2, 0.25) is 0 Å². The highest BCUT2D eigenvalue weighted by Gasteiger charge is 2.53. The van der Waals surface area contributed by atoms with Crippen molar-refractivity contribution in [1.29, 1.82) is 0 Å². The van der Waals surface area contributed by atoms with Crippen molar-refractivity contribution in [3.8, 4) is 0 Å². The van der Waals surface area contributed by atoms with E-state index in [1.165, 1.54) is 0 Å². The van der Waals surface area contributed by atoms with E-state index in [0.717, 1.165) is 13.8 Å². The van der Waals surface area contributed by atoms with Crippen LogP contribution in [0.3, 0.4) is 0 Å². The minimum Gasteiger partial charge on any atom is -0.304 e. The summed E-state index contributed by atoms with van der Waals surface area (Å²) in [5.74, 6) is -1.22. The second-order valence-corrected chi connectivity index (χ2v) is 8.40. The van der Waals surface area contributed by atoms with Gasteiger partial charge in [0, 0.05) is 17.8 Å². The minimum atomic E-state index is -5.24. The lowest BCUT2D eigenvalue weighted by atomic mass is 10.0. The molecule has 1 amide bonds. The number of non-ortho nitro benzene ring substituents is 1. The number of hydrogen-bond acceptors (Lipinski definition) is 4. The van der Waals surface area contributed by atoms with Crippen molar-refractivity contribution in [3.05, 3.63) is 63.2 Å². The molecule has 0 atom stereocenters. The molecule has 0 N–H and O–H groups in total. The van der Waals surface area contributed by atoms with Crippen LogP contribution in [0.25, 0.3) is 0 Å². The lowest BCUT2D eigenvalue weighted by Gasteiger charge is -2.30. The molecule has 16 heteroatoms. The van der Waals surface area contributed by atoms with Crippen LogP contribution >= 0.6 is 12.2 Å². The third kappa shape index (κ3) is 4.68. The van der Waals surface area contributed by atoms with Gasteiger partial charge in [-0.1, -0.05) is 0 Å². The van der Waals surface area contributed by atoms with E-state index in [-0.39, 0.29) is 29.2 Å². The summed E-state index contributed by atoms with van der Waals surface area (Å²) in [6.45, 7) is 2.07. The van der Waals surface area contributed by atoms with Crippen LogP contribution in [0.5, 0.6) is 0 Å². The predicted molar refractivity (Wildman–Crippen MR) is 111 cm³/mol. The Bertz CT molecular complexity index is 1240. The van der Waals surface area contributed by atoms with Gasteiger partial charge >= 0.3 is 18.5 Å². The first-order valence-electron chi connectivity index (χ1n) is 9.51. The molecule has 0 spiro atoms. The fourth-order valence-corrected chi connectivity index (χ4v) is 4.08. The van der Waals surface area contributed by atoms with Gasteiger partial charge in [-0.15, -0.1) is 0 Å². The summed E-state index contributed by atoms with van der Waals surface area (Å²) in [6, 6.07) is 1.74. The van der Waals surface area contributed by atoms with Gasteiger partial charge in [0.1, 0.15) is 5.54 Å². The van der Waals surface area contributed by atoms with Gasteiger partial charge in [0.15, 0.2) is 5.11 Å². The van der Waals surface area contributed by atoms with E-state index in [4.69, 9.17) is 12.2 Å². The van der Waals surface area contributed by atoms with Crippen molar-refractivity contribution in [2.45, 2.75) is 37.9 Å². The first-order valence-corrected chi connectivity index (χ1v) is 9.92. The number of nitrogens with zero attached hydrogens (tertiary/aromatic N) is 3. The lowest BCUT2D eigenvalue weighted by Crippen LogP contribution is -2.44. The van der Waals surface area contributed by atoms with Crippen LogP contribution in [0.1, 0.15) is 30.5 Å². The van der Waals surface area contributed by atoms with Gasteiger partial charge in [-0.3, -0.25) is 19.8 Å². The van der Waals surface area contributed by atoms with Gasteiger partial charge in [-0.05, 0) is 50.3 Å². The number of benzene rings is 2. The largest absolute Gasteiger partial charge is 0.418 e. The van der Waals surface area contributed by atoms with Crippen LogP contribution in [0.15, 0.2) is 36.4 Å². The number of halogens is 9. The van der Waals surface area contributed by atoms with Crippen LogP contribution < -0.4 is 9.80 Å². The topological polar surface area (TPSA) is 66.7 Å². The van der Waals surface area contributed by atoms with Gasteiger partial charge in [0.05, 0.1) is 27.3 Å². The summed E-state index contributed by atoms with van der Waals surface area (Å²) in [5, 5.41) is 10.1. The van der Waals surface area contributed by atoms with Crippen LogP contribution in [0, 0.1) is 10.1 Å². The van der Waals surface area contributed by atoms with E-state index >= 15 is 0 Å². The number of nitro groups is 1. The molecule has 0 bridgehead atoms. The summed E-state index contributed by atoms with van der Waals surface area (Å²) in [6.07, 6.45) is -15.7. The number of hydrogen-bond donors (Lipinski definition) is 0. The second kappa shape index (κ2) is 8.31. The molecular formula is C20H12F9N3O3S. The predicted octanol–water partition coefficient (Wildman–Crippen LogP) is 6.57. The second-order valence-electron chi connectivity index (χ2n) is 8.04. The number of alkyl halides is 9. The molecule has 194 valence electrons. The lowest BCUT2D eigenvalue weighted by molar-refractivity contribution is -0.385. The number of amides is 1. The standard InChI is InChI=1S/C20H12F9N3O3S/c1-17(2)15(33)30(14-4-3-11(32(34)35)8-13(14)20(27,28)29)16(36)31(17)12-6-9(18(21,22)23)5-10(7-12)19(24,25)26/h3-8H,1-2H3.